The monoisotopic (exact) mass is 299 g/mol. The summed E-state index contributed by atoms with van der Waals surface area (Å²) in [6.45, 7) is 1.58. The van der Waals surface area contributed by atoms with Crippen molar-refractivity contribution in [3.05, 3.63) is 53.6 Å². The summed E-state index contributed by atoms with van der Waals surface area (Å²) in [5, 5.41) is 3.41. The molecule has 1 aliphatic heterocycles. The Kier molecular flexibility index (Phi) is 4.49. The van der Waals surface area contributed by atoms with Crippen LogP contribution in [0.2, 0.25) is 0 Å². The van der Waals surface area contributed by atoms with E-state index in [0.29, 0.717) is 18.4 Å². The summed E-state index contributed by atoms with van der Waals surface area (Å²) >= 11 is 0. The van der Waals surface area contributed by atoms with Crippen LogP contribution < -0.4 is 19.5 Å². The molecule has 3 rings (SSSR count). The first-order chi connectivity index (χ1) is 10.8. The van der Waals surface area contributed by atoms with Gasteiger partial charge in [-0.1, -0.05) is 30.3 Å². The first-order valence-corrected chi connectivity index (χ1v) is 7.48. The molecule has 4 nitrogen and oxygen atoms in total. The third kappa shape index (κ3) is 3.02. The van der Waals surface area contributed by atoms with Gasteiger partial charge >= 0.3 is 0 Å². The average molecular weight is 299 g/mol. The second-order valence-electron chi connectivity index (χ2n) is 5.31. The van der Waals surface area contributed by atoms with Gasteiger partial charge in [0.15, 0.2) is 11.5 Å². The lowest BCUT2D eigenvalue weighted by Crippen LogP contribution is -2.35. The predicted molar refractivity (Wildman–Crippen MR) is 85.7 cm³/mol. The first-order valence-electron chi connectivity index (χ1n) is 7.48. The molecule has 1 saturated heterocycles. The highest BCUT2D eigenvalue weighted by Crippen LogP contribution is 2.40. The summed E-state index contributed by atoms with van der Waals surface area (Å²) in [6.07, 6.45) is 1.11. The van der Waals surface area contributed by atoms with Gasteiger partial charge in [-0.15, -0.1) is 0 Å². The van der Waals surface area contributed by atoms with E-state index in [9.17, 15) is 0 Å². The Labute approximate surface area is 131 Å². The molecule has 1 N–H and O–H groups in total. The zero-order chi connectivity index (χ0) is 15.4. The topological polar surface area (TPSA) is 39.7 Å². The quantitative estimate of drug-likeness (QED) is 0.888. The highest BCUT2D eigenvalue weighted by molar-refractivity contribution is 5.52. The van der Waals surface area contributed by atoms with Crippen LogP contribution in [-0.4, -0.2) is 20.8 Å². The second kappa shape index (κ2) is 6.71. The molecule has 0 saturated carbocycles. The maximum absolute atomic E-state index is 6.05. The van der Waals surface area contributed by atoms with Crippen LogP contribution in [0.1, 0.15) is 23.6 Å². The minimum Gasteiger partial charge on any atom is -0.493 e. The summed E-state index contributed by atoms with van der Waals surface area (Å²) in [6, 6.07) is 14.4. The van der Waals surface area contributed by atoms with Crippen molar-refractivity contribution in [1.29, 1.82) is 0 Å². The molecule has 1 atom stereocenters. The van der Waals surface area contributed by atoms with E-state index in [0.717, 1.165) is 35.6 Å². The Hall–Kier alpha value is -2.20. The Balaban J connectivity index is 1.86. The van der Waals surface area contributed by atoms with Gasteiger partial charge in [0.2, 0.25) is 0 Å². The van der Waals surface area contributed by atoms with Crippen molar-refractivity contribution in [3.63, 3.8) is 0 Å². The molecule has 0 bridgehead atoms. The first kappa shape index (κ1) is 14.7. The fourth-order valence-corrected chi connectivity index (χ4v) is 2.56. The van der Waals surface area contributed by atoms with E-state index in [2.05, 4.69) is 17.4 Å². The number of hydrogen-bond acceptors (Lipinski definition) is 4. The smallest absolute Gasteiger partial charge is 0.164 e. The van der Waals surface area contributed by atoms with Crippen LogP contribution in [0.25, 0.3) is 0 Å². The average Bonchev–Trinajstić information content (AvgIpc) is 2.52. The number of hydrogen-bond donors (Lipinski definition) is 1. The number of rotatable bonds is 6. The van der Waals surface area contributed by atoms with Gasteiger partial charge in [-0.2, -0.15) is 0 Å². The summed E-state index contributed by atoms with van der Waals surface area (Å²) < 4.78 is 16.8. The van der Waals surface area contributed by atoms with Crippen LogP contribution in [-0.2, 0) is 6.61 Å². The third-order valence-electron chi connectivity index (χ3n) is 3.95. The van der Waals surface area contributed by atoms with Gasteiger partial charge in [-0.25, -0.2) is 0 Å². The maximum atomic E-state index is 6.05. The van der Waals surface area contributed by atoms with Crippen LogP contribution in [0.5, 0.6) is 17.2 Å². The molecular formula is C18H21NO3. The highest BCUT2D eigenvalue weighted by Gasteiger charge is 2.24. The molecule has 2 aromatic carbocycles. The summed E-state index contributed by atoms with van der Waals surface area (Å²) in [7, 11) is 3.29. The van der Waals surface area contributed by atoms with Gasteiger partial charge in [-0.3, -0.25) is 0 Å². The van der Waals surface area contributed by atoms with Crippen LogP contribution >= 0.6 is 0 Å². The van der Waals surface area contributed by atoms with Crippen molar-refractivity contribution in [2.24, 2.45) is 0 Å². The molecule has 1 heterocycles. The fourth-order valence-electron chi connectivity index (χ4n) is 2.56. The van der Waals surface area contributed by atoms with Gasteiger partial charge in [0, 0.05) is 17.7 Å². The zero-order valence-electron chi connectivity index (χ0n) is 13.0. The molecule has 0 spiro atoms. The van der Waals surface area contributed by atoms with Gasteiger partial charge < -0.3 is 19.5 Å². The largest absolute Gasteiger partial charge is 0.493 e. The van der Waals surface area contributed by atoms with E-state index in [1.54, 1.807) is 14.2 Å². The Morgan fingerprint density at radius 2 is 1.68 bits per heavy atom. The zero-order valence-corrected chi connectivity index (χ0v) is 13.0. The number of methoxy groups -OCH3 is 2. The van der Waals surface area contributed by atoms with Gasteiger partial charge in [0.1, 0.15) is 12.4 Å². The van der Waals surface area contributed by atoms with Crippen molar-refractivity contribution in [2.75, 3.05) is 20.8 Å². The van der Waals surface area contributed by atoms with Crippen molar-refractivity contribution < 1.29 is 14.2 Å². The van der Waals surface area contributed by atoms with E-state index in [-0.39, 0.29) is 0 Å². The lowest BCUT2D eigenvalue weighted by Gasteiger charge is -2.30. The predicted octanol–water partition coefficient (Wildman–Crippen LogP) is 3.32. The van der Waals surface area contributed by atoms with Crippen LogP contribution in [0.4, 0.5) is 0 Å². The molecule has 0 unspecified atom stereocenters. The Morgan fingerprint density at radius 3 is 2.27 bits per heavy atom. The number of benzene rings is 2. The van der Waals surface area contributed by atoms with Crippen molar-refractivity contribution in [2.45, 2.75) is 19.1 Å². The molecule has 2 aromatic rings. The summed E-state index contributed by atoms with van der Waals surface area (Å²) in [4.78, 5) is 0. The highest BCUT2D eigenvalue weighted by atomic mass is 16.5. The standard InChI is InChI=1S/C18H21NO3/c1-20-17-10-14(15-8-9-19-15)16(11-18(17)21-2)22-12-13-6-4-3-5-7-13/h3-7,10-11,15,19H,8-9,12H2,1-2H3/t15-/m0/s1. The van der Waals surface area contributed by atoms with Crippen molar-refractivity contribution in [3.8, 4) is 17.2 Å². The SMILES string of the molecule is COc1cc(OCc2ccccc2)c([C@@H]2CCN2)cc1OC. The molecular weight excluding hydrogens is 278 g/mol. The number of ether oxygens (including phenoxy) is 3. The van der Waals surface area contributed by atoms with Crippen molar-refractivity contribution >= 4 is 0 Å². The third-order valence-corrected chi connectivity index (χ3v) is 3.95. The minimum atomic E-state index is 0.325. The summed E-state index contributed by atoms with van der Waals surface area (Å²) in [5.74, 6) is 2.27. The van der Waals surface area contributed by atoms with Gasteiger partial charge in [-0.05, 0) is 24.6 Å². The van der Waals surface area contributed by atoms with E-state index < -0.39 is 0 Å². The normalized spacial score (nSPS) is 16.7. The van der Waals surface area contributed by atoms with E-state index in [1.165, 1.54) is 0 Å². The second-order valence-corrected chi connectivity index (χ2v) is 5.31. The van der Waals surface area contributed by atoms with Gasteiger partial charge in [0.05, 0.1) is 14.2 Å². The van der Waals surface area contributed by atoms with Crippen LogP contribution in [0, 0.1) is 0 Å². The van der Waals surface area contributed by atoms with E-state index >= 15 is 0 Å². The molecule has 0 radical (unpaired) electrons. The molecule has 1 fully saturated rings. The molecule has 0 amide bonds. The number of nitrogens with one attached hydrogen (secondary N) is 1. The lowest BCUT2D eigenvalue weighted by molar-refractivity contribution is 0.283. The lowest BCUT2D eigenvalue weighted by atomic mass is 9.96. The van der Waals surface area contributed by atoms with Crippen LogP contribution in [0.3, 0.4) is 0 Å². The van der Waals surface area contributed by atoms with E-state index in [4.69, 9.17) is 14.2 Å². The maximum Gasteiger partial charge on any atom is 0.164 e. The molecule has 0 aromatic heterocycles. The fraction of sp³-hybridized carbons (Fsp3) is 0.333. The van der Waals surface area contributed by atoms with Gasteiger partial charge in [0.25, 0.3) is 0 Å². The Bertz CT molecular complexity index is 624. The van der Waals surface area contributed by atoms with Crippen LogP contribution in [0.15, 0.2) is 42.5 Å². The molecule has 0 aliphatic carbocycles. The molecule has 22 heavy (non-hydrogen) atoms. The molecule has 116 valence electrons. The summed E-state index contributed by atoms with van der Waals surface area (Å²) in [5.41, 5.74) is 2.27. The molecule has 1 aliphatic rings. The van der Waals surface area contributed by atoms with Crippen molar-refractivity contribution in [1.82, 2.24) is 5.32 Å². The minimum absolute atomic E-state index is 0.325. The van der Waals surface area contributed by atoms with E-state index in [1.807, 2.05) is 30.3 Å². The molecule has 4 heteroatoms. The Morgan fingerprint density at radius 1 is 1.00 bits per heavy atom.